The summed E-state index contributed by atoms with van der Waals surface area (Å²) >= 11 is 3.47. The molecule has 0 unspecified atom stereocenters. The number of benzene rings is 3. The third-order valence-corrected chi connectivity index (χ3v) is 5.02. The van der Waals surface area contributed by atoms with E-state index in [1.807, 2.05) is 60.7 Å². The Bertz CT molecular complexity index is 836. The minimum atomic E-state index is -0.945. The molecule has 3 rings (SSSR count). The zero-order valence-corrected chi connectivity index (χ0v) is 16.6. The van der Waals surface area contributed by atoms with Gasteiger partial charge in [-0.2, -0.15) is 0 Å². The van der Waals surface area contributed by atoms with E-state index >= 15 is 0 Å². The molecule has 0 aliphatic rings. The Morgan fingerprint density at radius 2 is 1.04 bits per heavy atom. The van der Waals surface area contributed by atoms with E-state index in [4.69, 9.17) is 14.2 Å². The van der Waals surface area contributed by atoms with Crippen LogP contribution in [0.4, 0.5) is 0 Å². The molecule has 0 heterocycles. The molecule has 0 saturated heterocycles. The number of ether oxygens (including phenoxy) is 3. The fourth-order valence-corrected chi connectivity index (χ4v) is 3.32. The van der Waals surface area contributed by atoms with Crippen LogP contribution < -0.4 is 4.74 Å². The second kappa shape index (κ2) is 8.04. The standard InChI is InChI=1S/C22H21BrO3/c1-24-21-14-6-17(7-15-21)16-4-8-18(9-5-16)22(25-2,26-3)19-10-12-20(23)13-11-19/h4-15H,1-3H3. The molecule has 26 heavy (non-hydrogen) atoms. The zero-order chi connectivity index (χ0) is 18.6. The third-order valence-electron chi connectivity index (χ3n) is 4.49. The first-order chi connectivity index (χ1) is 12.6. The smallest absolute Gasteiger partial charge is 0.221 e. The second-order valence-corrected chi connectivity index (χ2v) is 6.75. The van der Waals surface area contributed by atoms with Crippen molar-refractivity contribution in [3.8, 4) is 16.9 Å². The second-order valence-electron chi connectivity index (χ2n) is 5.84. The third kappa shape index (κ3) is 3.54. The number of rotatable bonds is 6. The molecule has 0 aliphatic heterocycles. The minimum absolute atomic E-state index is 0.846. The molecule has 3 aromatic carbocycles. The van der Waals surface area contributed by atoms with Gasteiger partial charge in [-0.15, -0.1) is 0 Å². The Labute approximate surface area is 162 Å². The lowest BCUT2D eigenvalue weighted by atomic mass is 9.95. The average Bonchev–Trinajstić information content (AvgIpc) is 2.71. The number of hydrogen-bond acceptors (Lipinski definition) is 3. The number of hydrogen-bond donors (Lipinski definition) is 0. The topological polar surface area (TPSA) is 27.7 Å². The number of halogens is 1. The highest BCUT2D eigenvalue weighted by Crippen LogP contribution is 2.35. The summed E-state index contributed by atoms with van der Waals surface area (Å²) < 4.78 is 17.9. The quantitative estimate of drug-likeness (QED) is 0.491. The maximum Gasteiger partial charge on any atom is 0.221 e. The maximum atomic E-state index is 5.82. The summed E-state index contributed by atoms with van der Waals surface area (Å²) in [6.07, 6.45) is 0. The van der Waals surface area contributed by atoms with E-state index in [2.05, 4.69) is 28.1 Å². The lowest BCUT2D eigenvalue weighted by Gasteiger charge is -2.32. The Morgan fingerprint density at radius 1 is 0.615 bits per heavy atom. The van der Waals surface area contributed by atoms with E-state index in [1.165, 1.54) is 0 Å². The first-order valence-corrected chi connectivity index (χ1v) is 9.03. The van der Waals surface area contributed by atoms with Crippen molar-refractivity contribution in [1.29, 1.82) is 0 Å². The van der Waals surface area contributed by atoms with Crippen LogP contribution in [-0.2, 0) is 15.3 Å². The van der Waals surface area contributed by atoms with E-state index in [1.54, 1.807) is 21.3 Å². The summed E-state index contributed by atoms with van der Waals surface area (Å²) in [5.74, 6) is -0.0996. The molecule has 0 atom stereocenters. The van der Waals surface area contributed by atoms with Gasteiger partial charge in [0.2, 0.25) is 5.79 Å². The van der Waals surface area contributed by atoms with Gasteiger partial charge in [-0.3, -0.25) is 0 Å². The predicted molar refractivity (Wildman–Crippen MR) is 107 cm³/mol. The summed E-state index contributed by atoms with van der Waals surface area (Å²) in [4.78, 5) is 0. The van der Waals surface area contributed by atoms with Crippen molar-refractivity contribution in [3.63, 3.8) is 0 Å². The first kappa shape index (κ1) is 18.6. The molecule has 0 spiro atoms. The van der Waals surface area contributed by atoms with Crippen LogP contribution in [-0.4, -0.2) is 21.3 Å². The lowest BCUT2D eigenvalue weighted by Crippen LogP contribution is -2.32. The molecular formula is C22H21BrO3. The van der Waals surface area contributed by atoms with Gasteiger partial charge in [0.25, 0.3) is 0 Å². The molecule has 0 saturated carbocycles. The van der Waals surface area contributed by atoms with Gasteiger partial charge in [0, 0.05) is 29.8 Å². The van der Waals surface area contributed by atoms with Crippen molar-refractivity contribution in [3.05, 3.63) is 88.4 Å². The summed E-state index contributed by atoms with van der Waals surface area (Å²) in [7, 11) is 4.98. The molecule has 0 bridgehead atoms. The molecule has 0 aliphatic carbocycles. The molecule has 3 nitrogen and oxygen atoms in total. The summed E-state index contributed by atoms with van der Waals surface area (Å²) in [6.45, 7) is 0. The highest BCUT2D eigenvalue weighted by Gasteiger charge is 2.34. The summed E-state index contributed by atoms with van der Waals surface area (Å²) in [6, 6.07) is 24.2. The van der Waals surface area contributed by atoms with Crippen LogP contribution in [0.1, 0.15) is 11.1 Å². The van der Waals surface area contributed by atoms with Crippen LogP contribution in [0, 0.1) is 0 Å². The minimum Gasteiger partial charge on any atom is -0.497 e. The highest BCUT2D eigenvalue weighted by atomic mass is 79.9. The van der Waals surface area contributed by atoms with Crippen LogP contribution in [0.3, 0.4) is 0 Å². The monoisotopic (exact) mass is 412 g/mol. The van der Waals surface area contributed by atoms with Crippen molar-refractivity contribution in [2.24, 2.45) is 0 Å². The fourth-order valence-electron chi connectivity index (χ4n) is 3.06. The predicted octanol–water partition coefficient (Wildman–Crippen LogP) is 5.62. The number of methoxy groups -OCH3 is 3. The van der Waals surface area contributed by atoms with Crippen LogP contribution in [0.25, 0.3) is 11.1 Å². The van der Waals surface area contributed by atoms with Gasteiger partial charge < -0.3 is 14.2 Å². The van der Waals surface area contributed by atoms with Gasteiger partial charge >= 0.3 is 0 Å². The largest absolute Gasteiger partial charge is 0.497 e. The van der Waals surface area contributed by atoms with Gasteiger partial charge in [0.05, 0.1) is 7.11 Å². The first-order valence-electron chi connectivity index (χ1n) is 8.24. The van der Waals surface area contributed by atoms with E-state index in [0.717, 1.165) is 32.5 Å². The molecule has 0 aromatic heterocycles. The Balaban J connectivity index is 1.97. The summed E-state index contributed by atoms with van der Waals surface area (Å²) in [5.41, 5.74) is 4.11. The Hall–Kier alpha value is -2.14. The van der Waals surface area contributed by atoms with E-state index in [9.17, 15) is 0 Å². The normalized spacial score (nSPS) is 11.4. The SMILES string of the molecule is COc1ccc(-c2ccc(C(OC)(OC)c3ccc(Br)cc3)cc2)cc1. The molecule has 4 heteroatoms. The molecule has 134 valence electrons. The Morgan fingerprint density at radius 3 is 1.46 bits per heavy atom. The zero-order valence-electron chi connectivity index (χ0n) is 15.0. The van der Waals surface area contributed by atoms with Gasteiger partial charge in [-0.05, 0) is 35.4 Å². The molecule has 0 amide bonds. The van der Waals surface area contributed by atoms with Crippen molar-refractivity contribution >= 4 is 15.9 Å². The van der Waals surface area contributed by atoms with Crippen LogP contribution >= 0.6 is 15.9 Å². The maximum absolute atomic E-state index is 5.82. The van der Waals surface area contributed by atoms with Crippen LogP contribution in [0.2, 0.25) is 0 Å². The van der Waals surface area contributed by atoms with Crippen molar-refractivity contribution in [1.82, 2.24) is 0 Å². The average molecular weight is 413 g/mol. The van der Waals surface area contributed by atoms with E-state index in [0.29, 0.717) is 0 Å². The highest BCUT2D eigenvalue weighted by molar-refractivity contribution is 9.10. The molecule has 0 N–H and O–H groups in total. The lowest BCUT2D eigenvalue weighted by molar-refractivity contribution is -0.183. The molecule has 0 radical (unpaired) electrons. The van der Waals surface area contributed by atoms with Crippen LogP contribution in [0.15, 0.2) is 77.3 Å². The van der Waals surface area contributed by atoms with Gasteiger partial charge in [0.15, 0.2) is 0 Å². The Kier molecular flexibility index (Phi) is 5.77. The molecule has 3 aromatic rings. The van der Waals surface area contributed by atoms with Gasteiger partial charge in [-0.1, -0.05) is 64.5 Å². The molecular weight excluding hydrogens is 392 g/mol. The van der Waals surface area contributed by atoms with Gasteiger partial charge in [0.1, 0.15) is 5.75 Å². The van der Waals surface area contributed by atoms with Crippen LogP contribution in [0.5, 0.6) is 5.75 Å². The van der Waals surface area contributed by atoms with Crippen molar-refractivity contribution in [2.75, 3.05) is 21.3 Å². The fraction of sp³-hybridized carbons (Fsp3) is 0.182. The van der Waals surface area contributed by atoms with Crippen molar-refractivity contribution < 1.29 is 14.2 Å². The van der Waals surface area contributed by atoms with E-state index < -0.39 is 5.79 Å². The van der Waals surface area contributed by atoms with Crippen molar-refractivity contribution in [2.45, 2.75) is 5.79 Å². The summed E-state index contributed by atoms with van der Waals surface area (Å²) in [5, 5.41) is 0. The van der Waals surface area contributed by atoms with E-state index in [-0.39, 0.29) is 0 Å². The molecule has 0 fully saturated rings. The van der Waals surface area contributed by atoms with Gasteiger partial charge in [-0.25, -0.2) is 0 Å².